The van der Waals surface area contributed by atoms with Crippen LogP contribution in [0.3, 0.4) is 0 Å². The first kappa shape index (κ1) is 25.0. The molecule has 4 aromatic carbocycles. The molecule has 1 aromatic heterocycles. The predicted octanol–water partition coefficient (Wildman–Crippen LogP) is 6.28. The molecule has 0 radical (unpaired) electrons. The van der Waals surface area contributed by atoms with E-state index in [2.05, 4.69) is 15.6 Å². The highest BCUT2D eigenvalue weighted by molar-refractivity contribution is 5.99. The Morgan fingerprint density at radius 3 is 2.05 bits per heavy atom. The maximum Gasteiger partial charge on any atom is 0.247 e. The monoisotopic (exact) mass is 501 g/mol. The summed E-state index contributed by atoms with van der Waals surface area (Å²) < 4.78 is 0. The number of benzene rings is 4. The van der Waals surface area contributed by atoms with Crippen molar-refractivity contribution in [1.29, 1.82) is 0 Å². The molecule has 3 N–H and O–H groups in total. The zero-order valence-corrected chi connectivity index (χ0v) is 21.6. The second kappa shape index (κ2) is 11.2. The van der Waals surface area contributed by atoms with E-state index in [4.69, 9.17) is 0 Å². The van der Waals surface area contributed by atoms with Crippen molar-refractivity contribution in [2.24, 2.45) is 0 Å². The van der Waals surface area contributed by atoms with Crippen molar-refractivity contribution < 1.29 is 9.59 Å². The van der Waals surface area contributed by atoms with Crippen LogP contribution >= 0.6 is 0 Å². The van der Waals surface area contributed by atoms with E-state index >= 15 is 0 Å². The number of carbonyl (C=O) groups is 2. The summed E-state index contributed by atoms with van der Waals surface area (Å²) in [6.07, 6.45) is 2.27. The van der Waals surface area contributed by atoms with Gasteiger partial charge in [-0.3, -0.25) is 9.59 Å². The molecule has 2 amide bonds. The van der Waals surface area contributed by atoms with Crippen LogP contribution in [0.1, 0.15) is 33.7 Å². The van der Waals surface area contributed by atoms with E-state index in [0.717, 1.165) is 44.4 Å². The number of amides is 2. The lowest BCUT2D eigenvalue weighted by Gasteiger charge is -2.23. The molecule has 5 aromatic rings. The van der Waals surface area contributed by atoms with E-state index in [1.165, 1.54) is 0 Å². The van der Waals surface area contributed by atoms with E-state index in [0.29, 0.717) is 6.42 Å². The van der Waals surface area contributed by atoms with Crippen molar-refractivity contribution >= 4 is 28.4 Å². The van der Waals surface area contributed by atoms with Crippen molar-refractivity contribution in [2.45, 2.75) is 32.2 Å². The fourth-order valence-electron chi connectivity index (χ4n) is 4.94. The van der Waals surface area contributed by atoms with E-state index in [1.807, 2.05) is 123 Å². The van der Waals surface area contributed by atoms with Gasteiger partial charge >= 0.3 is 0 Å². The zero-order chi connectivity index (χ0) is 26.5. The Morgan fingerprint density at radius 2 is 1.39 bits per heavy atom. The Kier molecular flexibility index (Phi) is 7.36. The van der Waals surface area contributed by atoms with Crippen molar-refractivity contribution in [3.8, 4) is 0 Å². The van der Waals surface area contributed by atoms with Crippen LogP contribution in [0, 0.1) is 13.8 Å². The summed E-state index contributed by atoms with van der Waals surface area (Å²) in [6, 6.07) is 32.5. The molecule has 0 aliphatic rings. The molecular formula is C33H31N3O2. The average Bonchev–Trinajstić information content (AvgIpc) is 3.34. The van der Waals surface area contributed by atoms with Gasteiger partial charge in [-0.15, -0.1) is 0 Å². The number of aromatic amines is 1. The molecule has 38 heavy (non-hydrogen) atoms. The number of hydrogen-bond donors (Lipinski definition) is 3. The van der Waals surface area contributed by atoms with Gasteiger partial charge in [0.05, 0.1) is 5.92 Å². The Bertz CT molecular complexity index is 1520. The highest BCUT2D eigenvalue weighted by Crippen LogP contribution is 2.26. The number of para-hydroxylation sites is 1. The van der Waals surface area contributed by atoms with Gasteiger partial charge in [0.1, 0.15) is 6.04 Å². The lowest BCUT2D eigenvalue weighted by Crippen LogP contribution is -2.47. The predicted molar refractivity (Wildman–Crippen MR) is 153 cm³/mol. The summed E-state index contributed by atoms with van der Waals surface area (Å²) in [7, 11) is 0. The van der Waals surface area contributed by atoms with Crippen molar-refractivity contribution in [3.05, 3.63) is 137 Å². The number of fused-ring (bicyclic) bond motifs is 1. The number of H-pyrrole nitrogens is 1. The standard InChI is InChI=1S/C33H31N3O2/c1-22-17-18-28(23(2)19-22)35-32(37)30(20-26-21-34-29-16-10-9-15-27(26)29)36-33(38)31(24-11-5-3-6-12-24)25-13-7-4-8-14-25/h3-19,21,30-31,34H,20H2,1-2H3,(H,35,37)(H,36,38). The van der Waals surface area contributed by atoms with Gasteiger partial charge in [0.25, 0.3) is 0 Å². The van der Waals surface area contributed by atoms with Crippen LogP contribution in [0.2, 0.25) is 0 Å². The number of nitrogens with one attached hydrogen (secondary N) is 3. The van der Waals surface area contributed by atoms with Gasteiger partial charge in [-0.05, 0) is 48.2 Å². The molecule has 0 aliphatic heterocycles. The minimum absolute atomic E-state index is 0.219. The van der Waals surface area contributed by atoms with Crippen LogP contribution in [-0.4, -0.2) is 22.8 Å². The minimum atomic E-state index is -0.780. The number of anilines is 1. The largest absolute Gasteiger partial charge is 0.361 e. The van der Waals surface area contributed by atoms with E-state index in [1.54, 1.807) is 0 Å². The summed E-state index contributed by atoms with van der Waals surface area (Å²) in [5, 5.41) is 7.20. The Hall–Kier alpha value is -4.64. The molecule has 1 atom stereocenters. The maximum absolute atomic E-state index is 13.9. The third-order valence-corrected chi connectivity index (χ3v) is 6.90. The van der Waals surface area contributed by atoms with Gasteiger partial charge in [0.15, 0.2) is 0 Å². The van der Waals surface area contributed by atoms with Crippen LogP contribution in [0.25, 0.3) is 10.9 Å². The molecule has 1 heterocycles. The van der Waals surface area contributed by atoms with Crippen molar-refractivity contribution in [3.63, 3.8) is 0 Å². The average molecular weight is 502 g/mol. The molecule has 0 saturated heterocycles. The quantitative estimate of drug-likeness (QED) is 0.234. The molecule has 0 bridgehead atoms. The summed E-state index contributed by atoms with van der Waals surface area (Å²) in [4.78, 5) is 30.9. The second-order valence-corrected chi connectivity index (χ2v) is 9.69. The lowest BCUT2D eigenvalue weighted by atomic mass is 9.90. The van der Waals surface area contributed by atoms with Crippen LogP contribution in [0.15, 0.2) is 109 Å². The minimum Gasteiger partial charge on any atom is -0.361 e. The second-order valence-electron chi connectivity index (χ2n) is 9.69. The summed E-state index contributed by atoms with van der Waals surface area (Å²) in [5.41, 5.74) is 6.54. The molecule has 0 saturated carbocycles. The van der Waals surface area contributed by atoms with Gasteiger partial charge < -0.3 is 15.6 Å². The molecule has 0 fully saturated rings. The van der Waals surface area contributed by atoms with E-state index < -0.39 is 12.0 Å². The van der Waals surface area contributed by atoms with Gasteiger partial charge in [-0.2, -0.15) is 0 Å². The Labute approximate surface area is 222 Å². The van der Waals surface area contributed by atoms with Crippen LogP contribution in [0.5, 0.6) is 0 Å². The first-order valence-corrected chi connectivity index (χ1v) is 12.8. The molecule has 190 valence electrons. The maximum atomic E-state index is 13.9. The molecule has 0 aliphatic carbocycles. The first-order chi connectivity index (χ1) is 18.5. The molecule has 1 unspecified atom stereocenters. The number of aryl methyl sites for hydroxylation is 2. The number of carbonyl (C=O) groups excluding carboxylic acids is 2. The van der Waals surface area contributed by atoms with Crippen LogP contribution in [0.4, 0.5) is 5.69 Å². The van der Waals surface area contributed by atoms with E-state index in [9.17, 15) is 9.59 Å². The smallest absolute Gasteiger partial charge is 0.247 e. The highest BCUT2D eigenvalue weighted by Gasteiger charge is 2.29. The highest BCUT2D eigenvalue weighted by atomic mass is 16.2. The molecule has 0 spiro atoms. The number of rotatable bonds is 8. The summed E-state index contributed by atoms with van der Waals surface area (Å²) in [6.45, 7) is 3.99. The van der Waals surface area contributed by atoms with Crippen LogP contribution in [-0.2, 0) is 16.0 Å². The third kappa shape index (κ3) is 5.52. The Balaban J connectivity index is 1.48. The topological polar surface area (TPSA) is 74.0 Å². The molecule has 5 rings (SSSR count). The summed E-state index contributed by atoms with van der Waals surface area (Å²) in [5.74, 6) is -1.02. The SMILES string of the molecule is Cc1ccc(NC(=O)C(Cc2c[nH]c3ccccc23)NC(=O)C(c2ccccc2)c2ccccc2)c(C)c1. The summed E-state index contributed by atoms with van der Waals surface area (Å²) >= 11 is 0. The fraction of sp³-hybridized carbons (Fsp3) is 0.152. The normalized spacial score (nSPS) is 11.9. The van der Waals surface area contributed by atoms with Crippen molar-refractivity contribution in [1.82, 2.24) is 10.3 Å². The molecule has 5 heteroatoms. The third-order valence-electron chi connectivity index (χ3n) is 6.90. The van der Waals surface area contributed by atoms with Gasteiger partial charge in [0.2, 0.25) is 11.8 Å². The van der Waals surface area contributed by atoms with Gasteiger partial charge in [-0.1, -0.05) is 96.6 Å². The van der Waals surface area contributed by atoms with Gasteiger partial charge in [0, 0.05) is 29.2 Å². The lowest BCUT2D eigenvalue weighted by molar-refractivity contribution is -0.126. The Morgan fingerprint density at radius 1 is 0.763 bits per heavy atom. The first-order valence-electron chi connectivity index (χ1n) is 12.8. The number of aromatic nitrogens is 1. The zero-order valence-electron chi connectivity index (χ0n) is 21.6. The molecular weight excluding hydrogens is 470 g/mol. The molecule has 5 nitrogen and oxygen atoms in total. The number of hydrogen-bond acceptors (Lipinski definition) is 2. The van der Waals surface area contributed by atoms with Crippen LogP contribution < -0.4 is 10.6 Å². The van der Waals surface area contributed by atoms with Crippen molar-refractivity contribution in [2.75, 3.05) is 5.32 Å². The van der Waals surface area contributed by atoms with Gasteiger partial charge in [-0.25, -0.2) is 0 Å². The van der Waals surface area contributed by atoms with E-state index in [-0.39, 0.29) is 11.8 Å². The fourth-order valence-corrected chi connectivity index (χ4v) is 4.94.